The molecule has 0 saturated carbocycles. The van der Waals surface area contributed by atoms with Gasteiger partial charge in [-0.15, -0.1) is 0 Å². The number of rotatable bonds is 7. The lowest BCUT2D eigenvalue weighted by atomic mass is 9.96. The highest BCUT2D eigenvalue weighted by Crippen LogP contribution is 2.31. The van der Waals surface area contributed by atoms with Crippen LogP contribution in [0.4, 0.5) is 14.5 Å². The molecular formula is C33H30F2N2O3. The summed E-state index contributed by atoms with van der Waals surface area (Å²) in [4.78, 5) is 26.7. The van der Waals surface area contributed by atoms with E-state index in [1.807, 2.05) is 25.1 Å². The summed E-state index contributed by atoms with van der Waals surface area (Å²) in [7, 11) is 0. The molecule has 5 nitrogen and oxygen atoms in total. The molecule has 0 aliphatic carbocycles. The van der Waals surface area contributed by atoms with Crippen LogP contribution in [0.25, 0.3) is 11.1 Å². The molecule has 0 aromatic heterocycles. The molecule has 1 heterocycles. The molecule has 1 aliphatic rings. The highest BCUT2D eigenvalue weighted by molar-refractivity contribution is 5.96. The number of halogens is 2. The number of hydrogen-bond acceptors (Lipinski definition) is 3. The smallest absolute Gasteiger partial charge is 0.336 e. The van der Waals surface area contributed by atoms with Gasteiger partial charge in [0.2, 0.25) is 0 Å². The van der Waals surface area contributed by atoms with Gasteiger partial charge < -0.3 is 15.3 Å². The third kappa shape index (κ3) is 5.59. The molecule has 1 aliphatic heterocycles. The van der Waals surface area contributed by atoms with E-state index in [-0.39, 0.29) is 23.3 Å². The van der Waals surface area contributed by atoms with Crippen molar-refractivity contribution in [2.45, 2.75) is 39.3 Å². The number of carboxylic acids is 1. The molecule has 0 fully saturated rings. The minimum absolute atomic E-state index is 0.125. The number of anilines is 1. The Kier molecular flexibility index (Phi) is 7.65. The number of nitrogens with zero attached hydrogens (tertiary/aromatic N) is 1. The van der Waals surface area contributed by atoms with Crippen molar-refractivity contribution in [1.82, 2.24) is 5.32 Å². The maximum absolute atomic E-state index is 15.2. The van der Waals surface area contributed by atoms with Gasteiger partial charge in [0.15, 0.2) is 0 Å². The Labute approximate surface area is 232 Å². The van der Waals surface area contributed by atoms with Crippen molar-refractivity contribution >= 4 is 17.6 Å². The molecule has 0 bridgehead atoms. The molecule has 5 rings (SSSR count). The fourth-order valence-corrected chi connectivity index (χ4v) is 5.19. The van der Waals surface area contributed by atoms with Crippen LogP contribution < -0.4 is 10.2 Å². The summed E-state index contributed by atoms with van der Waals surface area (Å²) in [5.74, 6) is -2.00. The van der Waals surface area contributed by atoms with Crippen LogP contribution in [0, 0.1) is 18.6 Å². The van der Waals surface area contributed by atoms with Crippen molar-refractivity contribution in [3.8, 4) is 11.1 Å². The van der Waals surface area contributed by atoms with Crippen LogP contribution in [0.1, 0.15) is 62.4 Å². The molecule has 1 atom stereocenters. The number of carbonyl (C=O) groups excluding carboxylic acids is 1. The van der Waals surface area contributed by atoms with E-state index in [1.54, 1.807) is 49.4 Å². The second kappa shape index (κ2) is 11.3. The lowest BCUT2D eigenvalue weighted by Crippen LogP contribution is -2.30. The van der Waals surface area contributed by atoms with Gasteiger partial charge >= 0.3 is 5.97 Å². The maximum atomic E-state index is 15.2. The average molecular weight is 541 g/mol. The predicted molar refractivity (Wildman–Crippen MR) is 152 cm³/mol. The van der Waals surface area contributed by atoms with Crippen LogP contribution in [0.15, 0.2) is 78.9 Å². The molecule has 0 saturated heterocycles. The zero-order valence-electron chi connectivity index (χ0n) is 22.4. The van der Waals surface area contributed by atoms with Gasteiger partial charge in [0.1, 0.15) is 11.6 Å². The van der Waals surface area contributed by atoms with Gasteiger partial charge in [-0.2, -0.15) is 0 Å². The van der Waals surface area contributed by atoms with E-state index in [2.05, 4.69) is 10.2 Å². The third-order valence-electron chi connectivity index (χ3n) is 7.48. The fraction of sp³-hybridized carbons (Fsp3) is 0.212. The number of aryl methyl sites for hydroxylation is 2. The number of carbonyl (C=O) groups is 2. The number of benzene rings is 4. The first-order valence-corrected chi connectivity index (χ1v) is 13.3. The van der Waals surface area contributed by atoms with Gasteiger partial charge in [0.05, 0.1) is 11.6 Å². The summed E-state index contributed by atoms with van der Waals surface area (Å²) >= 11 is 0. The molecule has 4 aromatic rings. The summed E-state index contributed by atoms with van der Waals surface area (Å²) in [6.45, 7) is 4.62. The molecule has 4 aromatic carbocycles. The van der Waals surface area contributed by atoms with Gasteiger partial charge in [-0.25, -0.2) is 13.6 Å². The van der Waals surface area contributed by atoms with Crippen molar-refractivity contribution in [3.05, 3.63) is 124 Å². The SMILES string of the molecule is Cc1ccc(C(C)NC(=O)c2ccc3c(c2)CCCN3Cc2ccc(-c3ccccc3C(=O)O)cc2F)cc1F. The van der Waals surface area contributed by atoms with Gasteiger partial charge in [-0.3, -0.25) is 4.79 Å². The number of aromatic carboxylic acids is 1. The quantitative estimate of drug-likeness (QED) is 0.263. The molecule has 204 valence electrons. The van der Waals surface area contributed by atoms with Crippen LogP contribution in [-0.4, -0.2) is 23.5 Å². The Balaban J connectivity index is 1.32. The number of hydrogen-bond donors (Lipinski definition) is 2. The molecular weight excluding hydrogens is 510 g/mol. The summed E-state index contributed by atoms with van der Waals surface area (Å²) in [5.41, 5.74) is 5.35. The topological polar surface area (TPSA) is 69.6 Å². The predicted octanol–water partition coefficient (Wildman–Crippen LogP) is 7.08. The molecule has 1 unspecified atom stereocenters. The summed E-state index contributed by atoms with van der Waals surface area (Å²) in [6, 6.07) is 21.5. The molecule has 7 heteroatoms. The van der Waals surface area contributed by atoms with Gasteiger partial charge in [-0.1, -0.05) is 42.5 Å². The Hall–Kier alpha value is -4.52. The second-order valence-electron chi connectivity index (χ2n) is 10.2. The monoisotopic (exact) mass is 540 g/mol. The molecule has 1 amide bonds. The Morgan fingerprint density at radius 2 is 1.77 bits per heavy atom. The van der Waals surface area contributed by atoms with E-state index in [0.717, 1.165) is 30.6 Å². The number of amides is 1. The lowest BCUT2D eigenvalue weighted by molar-refractivity contribution is 0.0697. The maximum Gasteiger partial charge on any atom is 0.336 e. The third-order valence-corrected chi connectivity index (χ3v) is 7.48. The van der Waals surface area contributed by atoms with E-state index >= 15 is 4.39 Å². The van der Waals surface area contributed by atoms with Crippen molar-refractivity contribution in [2.24, 2.45) is 0 Å². The van der Waals surface area contributed by atoms with Crippen LogP contribution in [0.2, 0.25) is 0 Å². The minimum Gasteiger partial charge on any atom is -0.478 e. The highest BCUT2D eigenvalue weighted by Gasteiger charge is 2.21. The van der Waals surface area contributed by atoms with Gasteiger partial charge in [0.25, 0.3) is 5.91 Å². The van der Waals surface area contributed by atoms with Crippen molar-refractivity contribution in [1.29, 1.82) is 0 Å². The molecule has 0 spiro atoms. The number of fused-ring (bicyclic) bond motifs is 1. The first kappa shape index (κ1) is 27.1. The Bertz CT molecular complexity index is 1600. The summed E-state index contributed by atoms with van der Waals surface area (Å²) in [5, 5.41) is 12.4. The molecule has 2 N–H and O–H groups in total. The van der Waals surface area contributed by atoms with E-state index in [0.29, 0.717) is 39.9 Å². The van der Waals surface area contributed by atoms with E-state index in [4.69, 9.17) is 0 Å². The molecule has 0 radical (unpaired) electrons. The second-order valence-corrected chi connectivity index (χ2v) is 10.2. The Morgan fingerprint density at radius 1 is 0.975 bits per heavy atom. The Morgan fingerprint density at radius 3 is 2.52 bits per heavy atom. The van der Waals surface area contributed by atoms with Crippen molar-refractivity contribution < 1.29 is 23.5 Å². The van der Waals surface area contributed by atoms with Crippen LogP contribution in [0.3, 0.4) is 0 Å². The largest absolute Gasteiger partial charge is 0.478 e. The highest BCUT2D eigenvalue weighted by atomic mass is 19.1. The average Bonchev–Trinajstić information content (AvgIpc) is 2.95. The van der Waals surface area contributed by atoms with E-state index in [9.17, 15) is 19.1 Å². The van der Waals surface area contributed by atoms with E-state index in [1.165, 1.54) is 18.2 Å². The zero-order valence-corrected chi connectivity index (χ0v) is 22.4. The summed E-state index contributed by atoms with van der Waals surface area (Å²) in [6.07, 6.45) is 1.67. The number of carboxylic acid groups (broad SMARTS) is 1. The fourth-order valence-electron chi connectivity index (χ4n) is 5.19. The van der Waals surface area contributed by atoms with Crippen molar-refractivity contribution in [2.75, 3.05) is 11.4 Å². The zero-order chi connectivity index (χ0) is 28.4. The minimum atomic E-state index is -1.06. The lowest BCUT2D eigenvalue weighted by Gasteiger charge is -2.32. The van der Waals surface area contributed by atoms with Crippen LogP contribution in [-0.2, 0) is 13.0 Å². The van der Waals surface area contributed by atoms with Gasteiger partial charge in [-0.05, 0) is 90.9 Å². The van der Waals surface area contributed by atoms with Crippen LogP contribution in [0.5, 0.6) is 0 Å². The first-order valence-electron chi connectivity index (χ1n) is 13.3. The standard InChI is InChI=1S/C33H30F2N2O3/c1-20-9-10-22(17-29(20)34)21(2)36-32(38)25-13-14-31-24(16-25)6-5-15-37(31)19-26-12-11-23(18-30(26)35)27-7-3-4-8-28(27)33(39)40/h3-4,7-14,16-18,21H,5-6,15,19H2,1-2H3,(H,36,38)(H,39,40). The normalized spacial score (nSPS) is 13.4. The number of nitrogens with one attached hydrogen (secondary N) is 1. The first-order chi connectivity index (χ1) is 19.2. The van der Waals surface area contributed by atoms with Crippen LogP contribution >= 0.6 is 0 Å². The summed E-state index contributed by atoms with van der Waals surface area (Å²) < 4.78 is 29.2. The van der Waals surface area contributed by atoms with Gasteiger partial charge in [0, 0.05) is 29.9 Å². The van der Waals surface area contributed by atoms with Crippen molar-refractivity contribution in [3.63, 3.8) is 0 Å². The molecule has 40 heavy (non-hydrogen) atoms. The van der Waals surface area contributed by atoms with E-state index < -0.39 is 11.8 Å².